The second-order valence-corrected chi connectivity index (χ2v) is 6.60. The Morgan fingerprint density at radius 3 is 2.31 bits per heavy atom. The predicted molar refractivity (Wildman–Crippen MR) is 96.7 cm³/mol. The van der Waals surface area contributed by atoms with Crippen LogP contribution in [-0.2, 0) is 16.1 Å². The number of carbonyl (C=O) groups is 2. The first kappa shape index (κ1) is 17.9. The number of hydrogen-bond acceptors (Lipinski definition) is 4. The summed E-state index contributed by atoms with van der Waals surface area (Å²) in [6, 6.07) is 13.2. The fourth-order valence-electron chi connectivity index (χ4n) is 3.19. The third-order valence-electron chi connectivity index (χ3n) is 4.65. The summed E-state index contributed by atoms with van der Waals surface area (Å²) in [5, 5.41) is 19.0. The van der Waals surface area contributed by atoms with E-state index in [1.165, 1.54) is 17.7 Å². The quantitative estimate of drug-likeness (QED) is 0.860. The van der Waals surface area contributed by atoms with Gasteiger partial charge in [0.15, 0.2) is 0 Å². The number of piperazine rings is 1. The SMILES string of the molecule is Cc1ccc(CN2CCN(C(C(=O)O)c3ccc(O)cc3)CC2=O)cc1. The fourth-order valence-corrected chi connectivity index (χ4v) is 3.19. The number of hydrogen-bond donors (Lipinski definition) is 2. The zero-order chi connectivity index (χ0) is 18.7. The van der Waals surface area contributed by atoms with Crippen LogP contribution in [0.2, 0.25) is 0 Å². The van der Waals surface area contributed by atoms with Gasteiger partial charge in [-0.15, -0.1) is 0 Å². The van der Waals surface area contributed by atoms with Crippen LogP contribution in [0.4, 0.5) is 0 Å². The van der Waals surface area contributed by atoms with Crippen molar-refractivity contribution in [2.75, 3.05) is 19.6 Å². The van der Waals surface area contributed by atoms with Gasteiger partial charge < -0.3 is 15.1 Å². The van der Waals surface area contributed by atoms with Crippen molar-refractivity contribution in [3.63, 3.8) is 0 Å². The second-order valence-electron chi connectivity index (χ2n) is 6.60. The molecule has 1 saturated heterocycles. The first-order valence-corrected chi connectivity index (χ1v) is 8.53. The van der Waals surface area contributed by atoms with Gasteiger partial charge in [0.2, 0.25) is 5.91 Å². The first-order chi connectivity index (χ1) is 12.4. The lowest BCUT2D eigenvalue weighted by Crippen LogP contribution is -2.52. The average Bonchev–Trinajstić information content (AvgIpc) is 2.61. The molecule has 1 fully saturated rings. The Morgan fingerprint density at radius 2 is 1.73 bits per heavy atom. The van der Waals surface area contributed by atoms with Gasteiger partial charge in [-0.2, -0.15) is 0 Å². The highest BCUT2D eigenvalue weighted by Crippen LogP contribution is 2.25. The van der Waals surface area contributed by atoms with Crippen LogP contribution in [0.5, 0.6) is 5.75 Å². The Hall–Kier alpha value is -2.86. The van der Waals surface area contributed by atoms with E-state index in [9.17, 15) is 19.8 Å². The molecular formula is C20H22N2O4. The molecule has 0 spiro atoms. The number of aliphatic carboxylic acids is 1. The summed E-state index contributed by atoms with van der Waals surface area (Å²) in [5.74, 6) is -1.01. The molecule has 1 heterocycles. The summed E-state index contributed by atoms with van der Waals surface area (Å²) >= 11 is 0. The molecule has 26 heavy (non-hydrogen) atoms. The third-order valence-corrected chi connectivity index (χ3v) is 4.65. The molecule has 0 aromatic heterocycles. The highest BCUT2D eigenvalue weighted by atomic mass is 16.4. The van der Waals surface area contributed by atoms with Crippen molar-refractivity contribution >= 4 is 11.9 Å². The standard InChI is InChI=1S/C20H22N2O4/c1-14-2-4-15(5-3-14)12-21-10-11-22(13-18(21)24)19(20(25)26)16-6-8-17(23)9-7-16/h2-9,19,23H,10-13H2,1H3,(H,25,26). The van der Waals surface area contributed by atoms with Crippen molar-refractivity contribution in [1.29, 1.82) is 0 Å². The number of carboxylic acids is 1. The number of benzene rings is 2. The number of phenols is 1. The number of carbonyl (C=O) groups excluding carboxylic acids is 1. The Labute approximate surface area is 152 Å². The van der Waals surface area contributed by atoms with Crippen LogP contribution < -0.4 is 0 Å². The largest absolute Gasteiger partial charge is 0.508 e. The summed E-state index contributed by atoms with van der Waals surface area (Å²) in [4.78, 5) is 27.7. The van der Waals surface area contributed by atoms with Crippen LogP contribution in [0.15, 0.2) is 48.5 Å². The van der Waals surface area contributed by atoms with Gasteiger partial charge >= 0.3 is 5.97 Å². The number of aryl methyl sites for hydroxylation is 1. The summed E-state index contributed by atoms with van der Waals surface area (Å²) in [6.07, 6.45) is 0. The maximum Gasteiger partial charge on any atom is 0.325 e. The molecule has 1 unspecified atom stereocenters. The average molecular weight is 354 g/mol. The minimum atomic E-state index is -1.00. The van der Waals surface area contributed by atoms with Crippen LogP contribution in [0.3, 0.4) is 0 Å². The molecule has 2 aromatic carbocycles. The molecule has 1 atom stereocenters. The molecule has 6 nitrogen and oxygen atoms in total. The van der Waals surface area contributed by atoms with E-state index < -0.39 is 12.0 Å². The third kappa shape index (κ3) is 4.03. The zero-order valence-corrected chi connectivity index (χ0v) is 14.6. The first-order valence-electron chi connectivity index (χ1n) is 8.53. The van der Waals surface area contributed by atoms with Gasteiger partial charge in [-0.1, -0.05) is 42.0 Å². The lowest BCUT2D eigenvalue weighted by Gasteiger charge is -2.37. The predicted octanol–water partition coefficient (Wildman–Crippen LogP) is 2.17. The monoisotopic (exact) mass is 354 g/mol. The molecule has 0 aliphatic carbocycles. The van der Waals surface area contributed by atoms with E-state index in [-0.39, 0.29) is 18.2 Å². The van der Waals surface area contributed by atoms with Crippen molar-refractivity contribution < 1.29 is 19.8 Å². The Balaban J connectivity index is 1.69. The fraction of sp³-hybridized carbons (Fsp3) is 0.300. The molecule has 1 amide bonds. The van der Waals surface area contributed by atoms with Crippen LogP contribution in [-0.4, -0.2) is 51.5 Å². The molecule has 0 saturated carbocycles. The summed E-state index contributed by atoms with van der Waals surface area (Å²) in [6.45, 7) is 3.57. The van der Waals surface area contributed by atoms with Crippen molar-refractivity contribution in [3.8, 4) is 5.75 Å². The van der Waals surface area contributed by atoms with Gasteiger partial charge in [-0.05, 0) is 30.2 Å². The van der Waals surface area contributed by atoms with Crippen molar-refractivity contribution in [1.82, 2.24) is 9.80 Å². The molecule has 1 aliphatic heterocycles. The lowest BCUT2D eigenvalue weighted by molar-refractivity contribution is -0.148. The smallest absolute Gasteiger partial charge is 0.325 e. The highest BCUT2D eigenvalue weighted by molar-refractivity contribution is 5.81. The maximum absolute atomic E-state index is 12.5. The lowest BCUT2D eigenvalue weighted by atomic mass is 10.0. The van der Waals surface area contributed by atoms with E-state index in [4.69, 9.17) is 0 Å². The molecule has 3 rings (SSSR count). The zero-order valence-electron chi connectivity index (χ0n) is 14.6. The van der Waals surface area contributed by atoms with Gasteiger partial charge in [0.1, 0.15) is 11.8 Å². The number of nitrogens with zero attached hydrogens (tertiary/aromatic N) is 2. The number of rotatable bonds is 5. The molecule has 0 radical (unpaired) electrons. The van der Waals surface area contributed by atoms with E-state index in [1.54, 1.807) is 21.9 Å². The molecule has 2 aromatic rings. The van der Waals surface area contributed by atoms with Crippen LogP contribution in [0, 0.1) is 6.92 Å². The minimum absolute atomic E-state index is 0.0592. The maximum atomic E-state index is 12.5. The summed E-state index contributed by atoms with van der Waals surface area (Å²) in [5.41, 5.74) is 2.78. The molecule has 136 valence electrons. The van der Waals surface area contributed by atoms with Gasteiger partial charge in [0, 0.05) is 19.6 Å². The highest BCUT2D eigenvalue weighted by Gasteiger charge is 2.33. The van der Waals surface area contributed by atoms with E-state index in [1.807, 2.05) is 31.2 Å². The van der Waals surface area contributed by atoms with E-state index in [0.29, 0.717) is 25.2 Å². The number of phenolic OH excluding ortho intramolecular Hbond substituents is 1. The molecular weight excluding hydrogens is 332 g/mol. The molecule has 0 bridgehead atoms. The number of carboxylic acid groups (broad SMARTS) is 1. The van der Waals surface area contributed by atoms with E-state index in [2.05, 4.69) is 0 Å². The van der Waals surface area contributed by atoms with Crippen LogP contribution >= 0.6 is 0 Å². The van der Waals surface area contributed by atoms with Gasteiger partial charge in [-0.3, -0.25) is 14.5 Å². The normalized spacial score (nSPS) is 16.5. The molecule has 1 aliphatic rings. The molecule has 6 heteroatoms. The van der Waals surface area contributed by atoms with E-state index >= 15 is 0 Å². The van der Waals surface area contributed by atoms with Gasteiger partial charge in [-0.25, -0.2) is 0 Å². The van der Waals surface area contributed by atoms with Gasteiger partial charge in [0.25, 0.3) is 0 Å². The summed E-state index contributed by atoms with van der Waals surface area (Å²) in [7, 11) is 0. The summed E-state index contributed by atoms with van der Waals surface area (Å²) < 4.78 is 0. The minimum Gasteiger partial charge on any atom is -0.508 e. The Kier molecular flexibility index (Phi) is 5.23. The van der Waals surface area contributed by atoms with Crippen LogP contribution in [0.25, 0.3) is 0 Å². The topological polar surface area (TPSA) is 81.1 Å². The van der Waals surface area contributed by atoms with Crippen molar-refractivity contribution in [3.05, 3.63) is 65.2 Å². The molecule has 2 N–H and O–H groups in total. The van der Waals surface area contributed by atoms with Crippen LogP contribution in [0.1, 0.15) is 22.7 Å². The van der Waals surface area contributed by atoms with Crippen molar-refractivity contribution in [2.45, 2.75) is 19.5 Å². The number of amides is 1. The number of aromatic hydroxyl groups is 1. The van der Waals surface area contributed by atoms with Gasteiger partial charge in [0.05, 0.1) is 6.54 Å². The Bertz CT molecular complexity index is 786. The Morgan fingerprint density at radius 1 is 1.08 bits per heavy atom. The second kappa shape index (κ2) is 7.58. The van der Waals surface area contributed by atoms with E-state index in [0.717, 1.165) is 5.56 Å². The van der Waals surface area contributed by atoms with Crippen molar-refractivity contribution in [2.24, 2.45) is 0 Å².